The smallest absolute Gasteiger partial charge is 0.101 e. The number of nitriles is 1. The standard InChI is InChI=1S/C12H11N3S/c1-16-12-9(6-13)7-4-2-3-5-8(7)10(14)11(12)15/h2-5H,14-15H2,1H3. The molecule has 0 spiro atoms. The summed E-state index contributed by atoms with van der Waals surface area (Å²) in [5.41, 5.74) is 13.6. The number of nitrogens with zero attached hydrogens (tertiary/aromatic N) is 1. The van der Waals surface area contributed by atoms with E-state index < -0.39 is 0 Å². The molecule has 2 aromatic carbocycles. The number of fused-ring (bicyclic) bond motifs is 1. The zero-order chi connectivity index (χ0) is 11.7. The minimum atomic E-state index is 0.503. The van der Waals surface area contributed by atoms with Crippen molar-refractivity contribution in [3.05, 3.63) is 29.8 Å². The van der Waals surface area contributed by atoms with Crippen LogP contribution in [0, 0.1) is 11.3 Å². The number of nitrogens with two attached hydrogens (primary N) is 2. The second-order valence-electron chi connectivity index (χ2n) is 3.39. The van der Waals surface area contributed by atoms with Gasteiger partial charge in [0, 0.05) is 10.8 Å². The molecule has 0 saturated heterocycles. The lowest BCUT2D eigenvalue weighted by Gasteiger charge is -2.12. The molecule has 2 rings (SSSR count). The Morgan fingerprint density at radius 2 is 1.75 bits per heavy atom. The van der Waals surface area contributed by atoms with Gasteiger partial charge >= 0.3 is 0 Å². The third-order valence-electron chi connectivity index (χ3n) is 2.56. The van der Waals surface area contributed by atoms with E-state index in [0.29, 0.717) is 16.9 Å². The summed E-state index contributed by atoms with van der Waals surface area (Å²) in [6.07, 6.45) is 1.89. The molecule has 0 fully saturated rings. The van der Waals surface area contributed by atoms with Gasteiger partial charge in [-0.3, -0.25) is 0 Å². The van der Waals surface area contributed by atoms with E-state index in [1.54, 1.807) is 0 Å². The average Bonchev–Trinajstić information content (AvgIpc) is 2.33. The number of hydrogen-bond acceptors (Lipinski definition) is 4. The van der Waals surface area contributed by atoms with Gasteiger partial charge in [-0.05, 0) is 6.26 Å². The Balaban J connectivity index is 3.02. The Labute approximate surface area is 98.0 Å². The summed E-state index contributed by atoms with van der Waals surface area (Å²) in [6.45, 7) is 0. The second kappa shape index (κ2) is 3.95. The molecule has 4 heteroatoms. The fourth-order valence-electron chi connectivity index (χ4n) is 1.78. The Kier molecular flexibility index (Phi) is 2.63. The third kappa shape index (κ3) is 1.37. The van der Waals surface area contributed by atoms with Gasteiger partial charge in [0.15, 0.2) is 0 Å². The lowest BCUT2D eigenvalue weighted by atomic mass is 10.0. The fraction of sp³-hybridized carbons (Fsp3) is 0.0833. The largest absolute Gasteiger partial charge is 0.397 e. The lowest BCUT2D eigenvalue weighted by Crippen LogP contribution is -2.00. The SMILES string of the molecule is CSc1c(N)c(N)c2ccccc2c1C#N. The second-order valence-corrected chi connectivity index (χ2v) is 4.21. The van der Waals surface area contributed by atoms with Crippen LogP contribution in [0.1, 0.15) is 5.56 Å². The molecule has 2 aromatic rings. The Hall–Kier alpha value is -1.86. The summed E-state index contributed by atoms with van der Waals surface area (Å²) in [7, 11) is 0. The summed E-state index contributed by atoms with van der Waals surface area (Å²) < 4.78 is 0. The van der Waals surface area contributed by atoms with Crippen molar-refractivity contribution >= 4 is 33.9 Å². The number of thioether (sulfide) groups is 1. The topological polar surface area (TPSA) is 75.8 Å². The van der Waals surface area contributed by atoms with Crippen molar-refractivity contribution in [2.45, 2.75) is 4.90 Å². The predicted octanol–water partition coefficient (Wildman–Crippen LogP) is 2.60. The Morgan fingerprint density at radius 3 is 2.31 bits per heavy atom. The van der Waals surface area contributed by atoms with Crippen LogP contribution in [-0.4, -0.2) is 6.26 Å². The molecule has 0 aliphatic carbocycles. The van der Waals surface area contributed by atoms with Crippen LogP contribution in [0.15, 0.2) is 29.2 Å². The number of anilines is 2. The quantitative estimate of drug-likeness (QED) is 0.582. The minimum absolute atomic E-state index is 0.503. The van der Waals surface area contributed by atoms with Gasteiger partial charge in [0.2, 0.25) is 0 Å². The average molecular weight is 229 g/mol. The van der Waals surface area contributed by atoms with Crippen LogP contribution in [-0.2, 0) is 0 Å². The van der Waals surface area contributed by atoms with Crippen LogP contribution < -0.4 is 11.5 Å². The van der Waals surface area contributed by atoms with E-state index in [2.05, 4.69) is 6.07 Å². The molecular formula is C12H11N3S. The molecule has 0 radical (unpaired) electrons. The Morgan fingerprint density at radius 1 is 1.12 bits per heavy atom. The molecule has 80 valence electrons. The van der Waals surface area contributed by atoms with E-state index in [1.807, 2.05) is 30.5 Å². The molecular weight excluding hydrogens is 218 g/mol. The number of rotatable bonds is 1. The van der Waals surface area contributed by atoms with Gasteiger partial charge in [0.1, 0.15) is 6.07 Å². The van der Waals surface area contributed by atoms with Crippen molar-refractivity contribution < 1.29 is 0 Å². The van der Waals surface area contributed by atoms with Crippen LogP contribution in [0.4, 0.5) is 11.4 Å². The summed E-state index contributed by atoms with van der Waals surface area (Å²) in [6, 6.07) is 9.75. The first-order valence-electron chi connectivity index (χ1n) is 4.74. The molecule has 4 N–H and O–H groups in total. The van der Waals surface area contributed by atoms with Crippen LogP contribution in [0.5, 0.6) is 0 Å². The minimum Gasteiger partial charge on any atom is -0.397 e. The van der Waals surface area contributed by atoms with Gasteiger partial charge in [-0.2, -0.15) is 5.26 Å². The van der Waals surface area contributed by atoms with Crippen LogP contribution in [0.2, 0.25) is 0 Å². The maximum absolute atomic E-state index is 9.20. The molecule has 0 atom stereocenters. The molecule has 0 amide bonds. The summed E-state index contributed by atoms with van der Waals surface area (Å²) in [5.74, 6) is 0. The maximum atomic E-state index is 9.20. The summed E-state index contributed by atoms with van der Waals surface area (Å²) in [4.78, 5) is 0.763. The van der Waals surface area contributed by atoms with Gasteiger partial charge in [0.25, 0.3) is 0 Å². The van der Waals surface area contributed by atoms with E-state index in [-0.39, 0.29) is 0 Å². The monoisotopic (exact) mass is 229 g/mol. The highest BCUT2D eigenvalue weighted by Crippen LogP contribution is 2.38. The van der Waals surface area contributed by atoms with Crippen LogP contribution >= 0.6 is 11.8 Å². The molecule has 0 saturated carbocycles. The van der Waals surface area contributed by atoms with Crippen molar-refractivity contribution in [3.63, 3.8) is 0 Å². The molecule has 16 heavy (non-hydrogen) atoms. The highest BCUT2D eigenvalue weighted by molar-refractivity contribution is 7.98. The zero-order valence-corrected chi connectivity index (χ0v) is 9.64. The molecule has 0 heterocycles. The molecule has 0 aromatic heterocycles. The normalized spacial score (nSPS) is 10.2. The van der Waals surface area contributed by atoms with Crippen molar-refractivity contribution in [2.24, 2.45) is 0 Å². The Bertz CT molecular complexity index is 599. The van der Waals surface area contributed by atoms with E-state index in [9.17, 15) is 5.26 Å². The van der Waals surface area contributed by atoms with Crippen LogP contribution in [0.3, 0.4) is 0 Å². The molecule has 3 nitrogen and oxygen atoms in total. The van der Waals surface area contributed by atoms with E-state index in [4.69, 9.17) is 11.5 Å². The number of hydrogen-bond donors (Lipinski definition) is 2. The van der Waals surface area contributed by atoms with Crippen molar-refractivity contribution in [1.82, 2.24) is 0 Å². The first-order valence-corrected chi connectivity index (χ1v) is 5.97. The van der Waals surface area contributed by atoms with Gasteiger partial charge < -0.3 is 11.5 Å². The van der Waals surface area contributed by atoms with Crippen molar-refractivity contribution in [2.75, 3.05) is 17.7 Å². The lowest BCUT2D eigenvalue weighted by molar-refractivity contribution is 1.41. The van der Waals surface area contributed by atoms with Crippen molar-refractivity contribution in [3.8, 4) is 6.07 Å². The molecule has 0 aliphatic rings. The molecule has 0 unspecified atom stereocenters. The number of nitrogen functional groups attached to an aromatic ring is 2. The first-order chi connectivity index (χ1) is 7.70. The summed E-state index contributed by atoms with van der Waals surface area (Å²) in [5, 5.41) is 10.9. The van der Waals surface area contributed by atoms with Crippen molar-refractivity contribution in [1.29, 1.82) is 5.26 Å². The van der Waals surface area contributed by atoms with Crippen LogP contribution in [0.25, 0.3) is 10.8 Å². The summed E-state index contributed by atoms with van der Waals surface area (Å²) >= 11 is 1.45. The van der Waals surface area contributed by atoms with Gasteiger partial charge in [0.05, 0.1) is 21.8 Å². The van der Waals surface area contributed by atoms with E-state index in [1.165, 1.54) is 11.8 Å². The fourth-order valence-corrected chi connectivity index (χ4v) is 2.47. The van der Waals surface area contributed by atoms with E-state index in [0.717, 1.165) is 15.7 Å². The third-order valence-corrected chi connectivity index (χ3v) is 3.40. The number of benzene rings is 2. The highest BCUT2D eigenvalue weighted by Gasteiger charge is 2.14. The zero-order valence-electron chi connectivity index (χ0n) is 8.82. The molecule has 0 aliphatic heterocycles. The first kappa shape index (κ1) is 10.7. The van der Waals surface area contributed by atoms with Gasteiger partial charge in [-0.25, -0.2) is 0 Å². The molecule has 0 bridgehead atoms. The van der Waals surface area contributed by atoms with E-state index >= 15 is 0 Å². The predicted molar refractivity (Wildman–Crippen MR) is 69.3 cm³/mol. The highest BCUT2D eigenvalue weighted by atomic mass is 32.2. The van der Waals surface area contributed by atoms with Gasteiger partial charge in [-0.15, -0.1) is 11.8 Å². The maximum Gasteiger partial charge on any atom is 0.101 e. The van der Waals surface area contributed by atoms with Gasteiger partial charge in [-0.1, -0.05) is 24.3 Å².